The van der Waals surface area contributed by atoms with E-state index in [1.165, 1.54) is 6.42 Å². The van der Waals surface area contributed by atoms with Gasteiger partial charge in [0.1, 0.15) is 0 Å². The van der Waals surface area contributed by atoms with Gasteiger partial charge in [0.25, 0.3) is 5.91 Å². The van der Waals surface area contributed by atoms with Crippen LogP contribution in [0.3, 0.4) is 0 Å². The summed E-state index contributed by atoms with van der Waals surface area (Å²) in [5, 5.41) is 8.71. The zero-order chi connectivity index (χ0) is 15.5. The molecule has 4 heteroatoms. The summed E-state index contributed by atoms with van der Waals surface area (Å²) >= 11 is 0. The number of benzene rings is 1. The van der Waals surface area contributed by atoms with Gasteiger partial charge in [-0.05, 0) is 37.7 Å². The van der Waals surface area contributed by atoms with Crippen molar-refractivity contribution in [2.45, 2.75) is 32.6 Å². The van der Waals surface area contributed by atoms with Crippen LogP contribution in [0.15, 0.2) is 47.1 Å². The molecule has 1 fully saturated rings. The van der Waals surface area contributed by atoms with Crippen LogP contribution < -0.4 is 4.90 Å². The molecule has 1 atom stereocenters. The van der Waals surface area contributed by atoms with E-state index < -0.39 is 0 Å². The van der Waals surface area contributed by atoms with Crippen molar-refractivity contribution in [1.82, 2.24) is 0 Å². The number of carbonyl (C=O) groups excluding carboxylic acids is 1. The monoisotopic (exact) mass is 295 g/mol. The molecule has 0 bridgehead atoms. The van der Waals surface area contributed by atoms with Crippen LogP contribution in [-0.2, 0) is 4.79 Å². The minimum Gasteiger partial charge on any atom is -0.302 e. The molecule has 1 aliphatic carbocycles. The first-order valence-corrected chi connectivity index (χ1v) is 7.86. The lowest BCUT2D eigenvalue weighted by Crippen LogP contribution is -2.30. The van der Waals surface area contributed by atoms with Gasteiger partial charge in [-0.3, -0.25) is 4.79 Å². The van der Waals surface area contributed by atoms with Crippen LogP contribution >= 0.6 is 0 Å². The van der Waals surface area contributed by atoms with E-state index in [0.29, 0.717) is 18.2 Å². The van der Waals surface area contributed by atoms with Crippen molar-refractivity contribution >= 4 is 23.0 Å². The number of hydrogen-bond donors (Lipinski definition) is 0. The zero-order valence-electron chi connectivity index (χ0n) is 13.0. The number of rotatable bonds is 3. The lowest BCUT2D eigenvalue weighted by molar-refractivity contribution is -0.112. The highest BCUT2D eigenvalue weighted by Crippen LogP contribution is 2.29. The van der Waals surface area contributed by atoms with Gasteiger partial charge >= 0.3 is 0 Å². The Morgan fingerprint density at radius 3 is 2.95 bits per heavy atom. The predicted octanol–water partition coefficient (Wildman–Crippen LogP) is 3.57. The topological polar surface area (TPSA) is 45.0 Å². The van der Waals surface area contributed by atoms with E-state index in [1.807, 2.05) is 24.3 Å². The van der Waals surface area contributed by atoms with E-state index >= 15 is 0 Å². The van der Waals surface area contributed by atoms with Gasteiger partial charge in [-0.1, -0.05) is 31.2 Å². The van der Waals surface area contributed by atoms with Crippen LogP contribution in [0.1, 0.15) is 38.2 Å². The Labute approximate surface area is 131 Å². The molecule has 2 aliphatic rings. The Morgan fingerprint density at radius 1 is 1.36 bits per heavy atom. The smallest absolute Gasteiger partial charge is 0.279 e. The molecule has 1 amide bonds. The molecule has 0 aromatic heterocycles. The average molecular weight is 295 g/mol. The second-order valence-electron chi connectivity index (χ2n) is 6.04. The third-order valence-corrected chi connectivity index (χ3v) is 4.25. The number of carbonyl (C=O) groups is 1. The van der Waals surface area contributed by atoms with E-state index in [1.54, 1.807) is 11.0 Å². The standard InChI is InChI=1S/C18H21N3O/c1-3-11-21-16-10-5-4-9-15(16)17(18(21)22)20-19-14-8-6-7-13(2)12-14/h3-5,9-10,13H,1,6-8,11-12H2,2H3/b19-14+,20-17-/t13-/m1/s1. The molecule has 0 spiro atoms. The second-order valence-corrected chi connectivity index (χ2v) is 6.04. The van der Waals surface area contributed by atoms with Crippen molar-refractivity contribution in [2.75, 3.05) is 11.4 Å². The van der Waals surface area contributed by atoms with Crippen LogP contribution in [0, 0.1) is 5.92 Å². The van der Waals surface area contributed by atoms with Gasteiger partial charge in [0.2, 0.25) is 0 Å². The third kappa shape index (κ3) is 2.73. The summed E-state index contributed by atoms with van der Waals surface area (Å²) in [5.74, 6) is 0.575. The summed E-state index contributed by atoms with van der Waals surface area (Å²) in [4.78, 5) is 14.3. The third-order valence-electron chi connectivity index (χ3n) is 4.25. The van der Waals surface area contributed by atoms with E-state index in [9.17, 15) is 4.79 Å². The van der Waals surface area contributed by atoms with Gasteiger partial charge < -0.3 is 4.90 Å². The minimum absolute atomic E-state index is 0.0886. The maximum Gasteiger partial charge on any atom is 0.279 e. The Kier molecular flexibility index (Phi) is 4.18. The fourth-order valence-corrected chi connectivity index (χ4v) is 3.14. The fourth-order valence-electron chi connectivity index (χ4n) is 3.14. The van der Waals surface area contributed by atoms with Crippen molar-refractivity contribution in [3.63, 3.8) is 0 Å². The van der Waals surface area contributed by atoms with Gasteiger partial charge in [0.15, 0.2) is 5.71 Å². The Bertz CT molecular complexity index is 660. The number of amides is 1. The molecule has 1 saturated carbocycles. The van der Waals surface area contributed by atoms with Gasteiger partial charge in [-0.25, -0.2) is 0 Å². The largest absolute Gasteiger partial charge is 0.302 e. The summed E-state index contributed by atoms with van der Waals surface area (Å²) in [5.41, 5.74) is 3.31. The molecule has 3 rings (SSSR count). The Balaban J connectivity index is 1.93. The van der Waals surface area contributed by atoms with Gasteiger partial charge in [0, 0.05) is 17.8 Å². The van der Waals surface area contributed by atoms with E-state index in [2.05, 4.69) is 23.7 Å². The van der Waals surface area contributed by atoms with E-state index in [0.717, 1.165) is 36.2 Å². The Morgan fingerprint density at radius 2 is 2.18 bits per heavy atom. The predicted molar refractivity (Wildman–Crippen MR) is 90.6 cm³/mol. The van der Waals surface area contributed by atoms with Crippen molar-refractivity contribution < 1.29 is 4.79 Å². The van der Waals surface area contributed by atoms with Crippen LogP contribution in [0.25, 0.3) is 0 Å². The lowest BCUT2D eigenvalue weighted by Gasteiger charge is -2.18. The fraction of sp³-hybridized carbons (Fsp3) is 0.389. The second kappa shape index (κ2) is 6.26. The van der Waals surface area contributed by atoms with Crippen LogP contribution in [0.2, 0.25) is 0 Å². The molecule has 0 radical (unpaired) electrons. The highest BCUT2D eigenvalue weighted by atomic mass is 16.2. The lowest BCUT2D eigenvalue weighted by atomic mass is 9.89. The van der Waals surface area contributed by atoms with Crippen molar-refractivity contribution in [2.24, 2.45) is 16.1 Å². The summed E-state index contributed by atoms with van der Waals surface area (Å²) < 4.78 is 0. The molecule has 1 aromatic rings. The molecule has 114 valence electrons. The maximum atomic E-state index is 12.6. The first-order chi connectivity index (χ1) is 10.7. The van der Waals surface area contributed by atoms with Crippen LogP contribution in [-0.4, -0.2) is 23.9 Å². The summed E-state index contributed by atoms with van der Waals surface area (Å²) in [6, 6.07) is 7.72. The first-order valence-electron chi connectivity index (χ1n) is 7.86. The quantitative estimate of drug-likeness (QED) is 0.621. The first kappa shape index (κ1) is 14.7. The van der Waals surface area contributed by atoms with Crippen LogP contribution in [0.4, 0.5) is 5.69 Å². The van der Waals surface area contributed by atoms with Gasteiger partial charge in [0.05, 0.1) is 5.69 Å². The van der Waals surface area contributed by atoms with Crippen molar-refractivity contribution in [3.05, 3.63) is 42.5 Å². The van der Waals surface area contributed by atoms with Gasteiger partial charge in [-0.15, -0.1) is 11.7 Å². The molecule has 1 heterocycles. The Hall–Kier alpha value is -2.23. The van der Waals surface area contributed by atoms with Crippen LogP contribution in [0.5, 0.6) is 0 Å². The number of nitrogens with zero attached hydrogens (tertiary/aromatic N) is 3. The molecule has 0 unspecified atom stereocenters. The zero-order valence-corrected chi connectivity index (χ0v) is 13.0. The molecule has 4 nitrogen and oxygen atoms in total. The summed E-state index contributed by atoms with van der Waals surface area (Å²) in [7, 11) is 0. The molecule has 22 heavy (non-hydrogen) atoms. The molecular formula is C18H21N3O. The van der Waals surface area contributed by atoms with E-state index in [-0.39, 0.29) is 5.91 Å². The van der Waals surface area contributed by atoms with E-state index in [4.69, 9.17) is 0 Å². The number of fused-ring (bicyclic) bond motifs is 1. The molecule has 0 saturated heterocycles. The molecular weight excluding hydrogens is 274 g/mol. The molecule has 0 N–H and O–H groups in total. The summed E-state index contributed by atoms with van der Waals surface area (Å²) in [6.07, 6.45) is 6.13. The number of para-hydroxylation sites is 1. The number of anilines is 1. The summed E-state index contributed by atoms with van der Waals surface area (Å²) in [6.45, 7) is 6.45. The SMILES string of the molecule is C=CCN1C(=O)/C(=N\N=C2/CCC[C@@H](C)C2)c2ccccc21. The van der Waals surface area contributed by atoms with Crippen molar-refractivity contribution in [3.8, 4) is 0 Å². The molecule has 1 aliphatic heterocycles. The highest BCUT2D eigenvalue weighted by molar-refractivity contribution is 6.54. The van der Waals surface area contributed by atoms with Crippen molar-refractivity contribution in [1.29, 1.82) is 0 Å². The average Bonchev–Trinajstić information content (AvgIpc) is 2.78. The molecule has 1 aromatic carbocycles. The van der Waals surface area contributed by atoms with Gasteiger partial charge in [-0.2, -0.15) is 5.10 Å². The minimum atomic E-state index is -0.0886. The normalized spacial score (nSPS) is 24.9. The maximum absolute atomic E-state index is 12.6. The number of hydrogen-bond acceptors (Lipinski definition) is 3. The highest BCUT2D eigenvalue weighted by Gasteiger charge is 2.33.